The molecule has 3 rings (SSSR count). The minimum Gasteiger partial charge on any atom is -0.490 e. The number of halogens is 1. The van der Waals surface area contributed by atoms with Gasteiger partial charge in [-0.15, -0.1) is 0 Å². The standard InChI is InChI=1S/C28H30BrN3O5/c1-3-35-26-16-21(12-15-25(26)37-19-20-10-13-23(29)14-11-20)18-30-32-27(33)17-24(31-28(34)36-4-2)22-8-6-5-7-9-22/h5-16,18,24H,3-4,17,19H2,1-2H3,(H,31,34)(H,32,33)/b30-18-/t24-/m0/s1. The second-order valence-corrected chi connectivity index (χ2v) is 8.80. The summed E-state index contributed by atoms with van der Waals surface area (Å²) in [6.45, 7) is 4.73. The molecular formula is C28H30BrN3O5. The molecule has 8 nitrogen and oxygen atoms in total. The highest BCUT2D eigenvalue weighted by molar-refractivity contribution is 9.10. The number of nitrogens with zero attached hydrogens (tertiary/aromatic N) is 1. The monoisotopic (exact) mass is 567 g/mol. The van der Waals surface area contributed by atoms with E-state index in [9.17, 15) is 9.59 Å². The third-order valence-corrected chi connectivity index (χ3v) is 5.67. The maximum atomic E-state index is 12.6. The molecule has 2 N–H and O–H groups in total. The number of carbonyl (C=O) groups is 2. The lowest BCUT2D eigenvalue weighted by atomic mass is 10.0. The van der Waals surface area contributed by atoms with E-state index in [4.69, 9.17) is 14.2 Å². The van der Waals surface area contributed by atoms with Crippen LogP contribution in [-0.4, -0.2) is 31.4 Å². The fraction of sp³-hybridized carbons (Fsp3) is 0.250. The van der Waals surface area contributed by atoms with Gasteiger partial charge in [0.25, 0.3) is 0 Å². The van der Waals surface area contributed by atoms with Crippen molar-refractivity contribution < 1.29 is 23.8 Å². The van der Waals surface area contributed by atoms with Gasteiger partial charge in [-0.1, -0.05) is 58.4 Å². The molecule has 9 heteroatoms. The first-order chi connectivity index (χ1) is 18.0. The minimum atomic E-state index is -0.585. The number of alkyl carbamates (subject to hydrolysis) is 1. The van der Waals surface area contributed by atoms with Gasteiger partial charge in [0.15, 0.2) is 11.5 Å². The molecule has 0 saturated carbocycles. The Bertz CT molecular complexity index is 1190. The van der Waals surface area contributed by atoms with E-state index in [1.54, 1.807) is 13.0 Å². The molecule has 0 aliphatic rings. The topological polar surface area (TPSA) is 98.2 Å². The first-order valence-electron chi connectivity index (χ1n) is 11.9. The second-order valence-electron chi connectivity index (χ2n) is 7.88. The summed E-state index contributed by atoms with van der Waals surface area (Å²) in [4.78, 5) is 24.5. The number of rotatable bonds is 12. The highest BCUT2D eigenvalue weighted by atomic mass is 79.9. The quantitative estimate of drug-likeness (QED) is 0.214. The Hall–Kier alpha value is -3.85. The Morgan fingerprint density at radius 1 is 0.946 bits per heavy atom. The number of nitrogens with one attached hydrogen (secondary N) is 2. The van der Waals surface area contributed by atoms with Gasteiger partial charge >= 0.3 is 6.09 Å². The first kappa shape index (κ1) is 27.7. The van der Waals surface area contributed by atoms with Crippen molar-refractivity contribution in [3.63, 3.8) is 0 Å². The first-order valence-corrected chi connectivity index (χ1v) is 12.7. The molecule has 0 fully saturated rings. The van der Waals surface area contributed by atoms with Crippen LogP contribution < -0.4 is 20.2 Å². The van der Waals surface area contributed by atoms with Gasteiger partial charge in [-0.05, 0) is 60.9 Å². The lowest BCUT2D eigenvalue weighted by Crippen LogP contribution is -2.33. The van der Waals surface area contributed by atoms with Crippen molar-refractivity contribution in [3.8, 4) is 11.5 Å². The number of ether oxygens (including phenoxy) is 3. The molecule has 0 saturated heterocycles. The third kappa shape index (κ3) is 9.27. The van der Waals surface area contributed by atoms with Gasteiger partial charge in [-0.25, -0.2) is 10.2 Å². The van der Waals surface area contributed by atoms with Gasteiger partial charge in [0.1, 0.15) is 6.61 Å². The van der Waals surface area contributed by atoms with Gasteiger partial charge in [-0.3, -0.25) is 4.79 Å². The summed E-state index contributed by atoms with van der Waals surface area (Å²) in [5.74, 6) is 0.834. The average Bonchev–Trinajstić information content (AvgIpc) is 2.89. The van der Waals surface area contributed by atoms with Crippen LogP contribution in [0.5, 0.6) is 11.5 Å². The van der Waals surface area contributed by atoms with Crippen molar-refractivity contribution in [2.24, 2.45) is 5.10 Å². The van der Waals surface area contributed by atoms with Gasteiger partial charge in [0.05, 0.1) is 31.9 Å². The van der Waals surface area contributed by atoms with Crippen LogP contribution in [0.15, 0.2) is 82.4 Å². The molecule has 194 valence electrons. The summed E-state index contributed by atoms with van der Waals surface area (Å²) < 4.78 is 17.7. The molecule has 1 atom stereocenters. The smallest absolute Gasteiger partial charge is 0.407 e. The second kappa shape index (κ2) is 14.6. The van der Waals surface area contributed by atoms with Crippen LogP contribution in [0, 0.1) is 0 Å². The number of amides is 2. The molecule has 0 aromatic heterocycles. The SMILES string of the molecule is CCOC(=O)N[C@@H](CC(=O)N/N=C\c1ccc(OCc2ccc(Br)cc2)c(OCC)c1)c1ccccc1. The molecule has 0 radical (unpaired) electrons. The minimum absolute atomic E-state index is 0.00675. The van der Waals surface area contributed by atoms with E-state index >= 15 is 0 Å². The molecule has 37 heavy (non-hydrogen) atoms. The Morgan fingerprint density at radius 2 is 1.70 bits per heavy atom. The summed E-state index contributed by atoms with van der Waals surface area (Å²) in [6, 6.07) is 22.0. The van der Waals surface area contributed by atoms with E-state index < -0.39 is 12.1 Å². The van der Waals surface area contributed by atoms with E-state index in [-0.39, 0.29) is 18.9 Å². The number of hydrazone groups is 1. The van der Waals surface area contributed by atoms with Gasteiger partial charge in [0, 0.05) is 4.47 Å². The Labute approximate surface area is 225 Å². The van der Waals surface area contributed by atoms with Crippen molar-refractivity contribution in [2.45, 2.75) is 32.9 Å². The van der Waals surface area contributed by atoms with E-state index in [0.29, 0.717) is 24.7 Å². The predicted octanol–water partition coefficient (Wildman–Crippen LogP) is 5.75. The van der Waals surface area contributed by atoms with Crippen LogP contribution in [-0.2, 0) is 16.1 Å². The zero-order chi connectivity index (χ0) is 26.5. The maximum absolute atomic E-state index is 12.6. The fourth-order valence-corrected chi connectivity index (χ4v) is 3.66. The molecule has 0 aliphatic carbocycles. The maximum Gasteiger partial charge on any atom is 0.407 e. The molecular weight excluding hydrogens is 538 g/mol. The molecule has 3 aromatic carbocycles. The summed E-state index contributed by atoms with van der Waals surface area (Å²) in [5.41, 5.74) is 5.06. The van der Waals surface area contributed by atoms with E-state index in [2.05, 4.69) is 31.8 Å². The number of hydrogen-bond donors (Lipinski definition) is 2. The van der Waals surface area contributed by atoms with Crippen LogP contribution in [0.4, 0.5) is 4.79 Å². The Morgan fingerprint density at radius 3 is 2.41 bits per heavy atom. The van der Waals surface area contributed by atoms with Crippen molar-refractivity contribution in [2.75, 3.05) is 13.2 Å². The molecule has 0 spiro atoms. The molecule has 0 bridgehead atoms. The van der Waals surface area contributed by atoms with Crippen molar-refractivity contribution in [1.29, 1.82) is 0 Å². The normalized spacial score (nSPS) is 11.5. The number of carbonyl (C=O) groups excluding carboxylic acids is 2. The summed E-state index contributed by atoms with van der Waals surface area (Å²) in [6.07, 6.45) is 0.932. The van der Waals surface area contributed by atoms with Gasteiger partial charge in [0.2, 0.25) is 5.91 Å². The lowest BCUT2D eigenvalue weighted by molar-refractivity contribution is -0.121. The average molecular weight is 568 g/mol. The molecule has 2 amide bonds. The van der Waals surface area contributed by atoms with Gasteiger partial charge < -0.3 is 19.5 Å². The van der Waals surface area contributed by atoms with Crippen LogP contribution >= 0.6 is 15.9 Å². The van der Waals surface area contributed by atoms with E-state index in [1.165, 1.54) is 6.21 Å². The summed E-state index contributed by atoms with van der Waals surface area (Å²) >= 11 is 3.43. The largest absolute Gasteiger partial charge is 0.490 e. The third-order valence-electron chi connectivity index (χ3n) is 5.14. The zero-order valence-electron chi connectivity index (χ0n) is 20.8. The summed E-state index contributed by atoms with van der Waals surface area (Å²) in [7, 11) is 0. The Kier molecular flexibility index (Phi) is 11.0. The van der Waals surface area contributed by atoms with Crippen molar-refractivity contribution in [3.05, 3.63) is 94.0 Å². The Balaban J connectivity index is 1.61. The van der Waals surface area contributed by atoms with Gasteiger partial charge in [-0.2, -0.15) is 5.10 Å². The van der Waals surface area contributed by atoms with Crippen LogP contribution in [0.1, 0.15) is 43.0 Å². The lowest BCUT2D eigenvalue weighted by Gasteiger charge is -2.18. The number of benzene rings is 3. The fourth-order valence-electron chi connectivity index (χ4n) is 3.40. The van der Waals surface area contributed by atoms with E-state index in [1.807, 2.05) is 73.7 Å². The van der Waals surface area contributed by atoms with Crippen LogP contribution in [0.3, 0.4) is 0 Å². The summed E-state index contributed by atoms with van der Waals surface area (Å²) in [5, 5.41) is 6.79. The molecule has 0 aliphatic heterocycles. The highest BCUT2D eigenvalue weighted by Gasteiger charge is 2.18. The van der Waals surface area contributed by atoms with Crippen LogP contribution in [0.2, 0.25) is 0 Å². The van der Waals surface area contributed by atoms with Crippen molar-refractivity contribution >= 4 is 34.1 Å². The van der Waals surface area contributed by atoms with Crippen LogP contribution in [0.25, 0.3) is 0 Å². The predicted molar refractivity (Wildman–Crippen MR) is 146 cm³/mol. The number of hydrogen-bond acceptors (Lipinski definition) is 6. The molecule has 0 heterocycles. The van der Waals surface area contributed by atoms with E-state index in [0.717, 1.165) is 21.2 Å². The zero-order valence-corrected chi connectivity index (χ0v) is 22.4. The van der Waals surface area contributed by atoms with Crippen molar-refractivity contribution in [1.82, 2.24) is 10.7 Å². The molecule has 3 aromatic rings. The molecule has 0 unspecified atom stereocenters. The highest BCUT2D eigenvalue weighted by Crippen LogP contribution is 2.29.